The lowest BCUT2D eigenvalue weighted by Crippen LogP contribution is -2.09. The first-order valence-electron chi connectivity index (χ1n) is 6.58. The second-order valence-corrected chi connectivity index (χ2v) is 6.28. The van der Waals surface area contributed by atoms with Gasteiger partial charge in [-0.1, -0.05) is 6.92 Å². The van der Waals surface area contributed by atoms with E-state index in [2.05, 4.69) is 11.9 Å². The Labute approximate surface area is 126 Å². The highest BCUT2D eigenvalue weighted by atomic mass is 35.5. The van der Waals surface area contributed by atoms with Gasteiger partial charge in [0.15, 0.2) is 5.82 Å². The SMILES string of the molecule is CCSCCC(C)n1c(CCl)nc2c(F)cc(F)cc21. The number of alkyl halides is 1. The van der Waals surface area contributed by atoms with E-state index in [1.165, 1.54) is 6.07 Å². The smallest absolute Gasteiger partial charge is 0.153 e. The normalized spacial score (nSPS) is 13.1. The lowest BCUT2D eigenvalue weighted by atomic mass is 10.2. The fourth-order valence-corrected chi connectivity index (χ4v) is 3.27. The lowest BCUT2D eigenvalue weighted by Gasteiger charge is -2.16. The highest BCUT2D eigenvalue weighted by Crippen LogP contribution is 2.27. The molecular weight excluding hydrogens is 302 g/mol. The topological polar surface area (TPSA) is 17.8 Å². The summed E-state index contributed by atoms with van der Waals surface area (Å²) in [4.78, 5) is 4.20. The second kappa shape index (κ2) is 6.76. The van der Waals surface area contributed by atoms with E-state index in [0.717, 1.165) is 24.0 Å². The molecule has 0 amide bonds. The minimum atomic E-state index is -0.639. The molecule has 0 saturated heterocycles. The Balaban J connectivity index is 2.44. The zero-order valence-corrected chi connectivity index (χ0v) is 13.1. The highest BCUT2D eigenvalue weighted by Gasteiger charge is 2.18. The minimum Gasteiger partial charge on any atom is -0.324 e. The number of fused-ring (bicyclic) bond motifs is 1. The molecule has 0 fully saturated rings. The van der Waals surface area contributed by atoms with Gasteiger partial charge in [0.2, 0.25) is 0 Å². The Bertz CT molecular complexity index is 600. The van der Waals surface area contributed by atoms with Gasteiger partial charge >= 0.3 is 0 Å². The Morgan fingerprint density at radius 1 is 1.40 bits per heavy atom. The van der Waals surface area contributed by atoms with Gasteiger partial charge < -0.3 is 4.57 Å². The molecule has 0 saturated carbocycles. The molecule has 0 N–H and O–H groups in total. The predicted molar refractivity (Wildman–Crippen MR) is 81.5 cm³/mol. The van der Waals surface area contributed by atoms with Crippen LogP contribution in [0.5, 0.6) is 0 Å². The van der Waals surface area contributed by atoms with Crippen molar-refractivity contribution in [1.29, 1.82) is 0 Å². The number of benzene rings is 1. The third kappa shape index (κ3) is 3.09. The van der Waals surface area contributed by atoms with E-state index < -0.39 is 11.6 Å². The first-order valence-corrected chi connectivity index (χ1v) is 8.27. The van der Waals surface area contributed by atoms with Gasteiger partial charge in [-0.25, -0.2) is 13.8 Å². The quantitative estimate of drug-likeness (QED) is 0.564. The molecular formula is C14H17ClF2N2S. The summed E-state index contributed by atoms with van der Waals surface area (Å²) in [5.74, 6) is 1.59. The van der Waals surface area contributed by atoms with Crippen molar-refractivity contribution in [3.8, 4) is 0 Å². The van der Waals surface area contributed by atoms with Gasteiger partial charge in [-0.05, 0) is 30.9 Å². The van der Waals surface area contributed by atoms with Gasteiger partial charge in [-0.3, -0.25) is 0 Å². The van der Waals surface area contributed by atoms with Crippen molar-refractivity contribution in [2.45, 2.75) is 32.2 Å². The lowest BCUT2D eigenvalue weighted by molar-refractivity contribution is 0.532. The summed E-state index contributed by atoms with van der Waals surface area (Å²) < 4.78 is 29.1. The minimum absolute atomic E-state index is 0.106. The van der Waals surface area contributed by atoms with Crippen LogP contribution in [0.25, 0.3) is 11.0 Å². The number of hydrogen-bond donors (Lipinski definition) is 0. The Kier molecular flexibility index (Phi) is 5.27. The van der Waals surface area contributed by atoms with Crippen LogP contribution >= 0.6 is 23.4 Å². The van der Waals surface area contributed by atoms with Crippen LogP contribution in [0.1, 0.15) is 32.1 Å². The summed E-state index contributed by atoms with van der Waals surface area (Å²) in [5.41, 5.74) is 0.671. The van der Waals surface area contributed by atoms with Crippen molar-refractivity contribution in [1.82, 2.24) is 9.55 Å². The maximum atomic E-state index is 13.8. The average Bonchev–Trinajstić information content (AvgIpc) is 2.77. The number of aromatic nitrogens is 2. The van der Waals surface area contributed by atoms with Crippen molar-refractivity contribution in [2.75, 3.05) is 11.5 Å². The van der Waals surface area contributed by atoms with Crippen LogP contribution in [0.2, 0.25) is 0 Å². The van der Waals surface area contributed by atoms with E-state index in [1.807, 2.05) is 23.3 Å². The molecule has 0 bridgehead atoms. The van der Waals surface area contributed by atoms with Gasteiger partial charge in [0, 0.05) is 12.1 Å². The molecule has 0 aliphatic carbocycles. The predicted octanol–water partition coefficient (Wildman–Crippen LogP) is 4.76. The molecule has 1 aromatic heterocycles. The molecule has 0 radical (unpaired) electrons. The van der Waals surface area contributed by atoms with Crippen LogP contribution in [0.15, 0.2) is 12.1 Å². The van der Waals surface area contributed by atoms with Gasteiger partial charge in [0.25, 0.3) is 0 Å². The molecule has 20 heavy (non-hydrogen) atoms. The maximum Gasteiger partial charge on any atom is 0.153 e. The molecule has 2 aromatic rings. The summed E-state index contributed by atoms with van der Waals surface area (Å²) in [6.07, 6.45) is 0.909. The summed E-state index contributed by atoms with van der Waals surface area (Å²) in [6.45, 7) is 4.13. The van der Waals surface area contributed by atoms with E-state index in [9.17, 15) is 8.78 Å². The molecule has 1 aromatic carbocycles. The summed E-state index contributed by atoms with van der Waals surface area (Å²) >= 11 is 7.74. The molecule has 110 valence electrons. The van der Waals surface area contributed by atoms with Crippen LogP contribution in [0.4, 0.5) is 8.78 Å². The third-order valence-electron chi connectivity index (χ3n) is 3.23. The van der Waals surface area contributed by atoms with Gasteiger partial charge in [0.05, 0.1) is 11.4 Å². The molecule has 2 rings (SSSR count). The zero-order valence-electron chi connectivity index (χ0n) is 11.5. The number of rotatable bonds is 6. The van der Waals surface area contributed by atoms with Crippen molar-refractivity contribution in [2.24, 2.45) is 0 Å². The Morgan fingerprint density at radius 3 is 2.80 bits per heavy atom. The largest absolute Gasteiger partial charge is 0.324 e. The van der Waals surface area contributed by atoms with E-state index in [1.54, 1.807) is 0 Å². The Hall–Kier alpha value is -0.810. The van der Waals surface area contributed by atoms with Crippen LogP contribution < -0.4 is 0 Å². The van der Waals surface area contributed by atoms with E-state index in [4.69, 9.17) is 11.6 Å². The standard InChI is InChI=1S/C14H17ClF2N2S/c1-3-20-5-4-9(2)19-12-7-10(16)6-11(17)14(12)18-13(19)8-15/h6-7,9H,3-5,8H2,1-2H3. The summed E-state index contributed by atoms with van der Waals surface area (Å²) in [6, 6.07) is 2.29. The van der Waals surface area contributed by atoms with Crippen molar-refractivity contribution >= 4 is 34.4 Å². The van der Waals surface area contributed by atoms with E-state index in [-0.39, 0.29) is 17.4 Å². The van der Waals surface area contributed by atoms with Gasteiger partial charge in [-0.15, -0.1) is 11.6 Å². The number of hydrogen-bond acceptors (Lipinski definition) is 2. The highest BCUT2D eigenvalue weighted by molar-refractivity contribution is 7.99. The average molecular weight is 319 g/mol. The van der Waals surface area contributed by atoms with Crippen LogP contribution in [0.3, 0.4) is 0 Å². The second-order valence-electron chi connectivity index (χ2n) is 4.62. The van der Waals surface area contributed by atoms with Gasteiger partial charge in [0.1, 0.15) is 17.2 Å². The monoisotopic (exact) mass is 318 g/mol. The van der Waals surface area contributed by atoms with Crippen molar-refractivity contribution < 1.29 is 8.78 Å². The number of imidazole rings is 1. The molecule has 1 unspecified atom stereocenters. The fourth-order valence-electron chi connectivity index (χ4n) is 2.28. The van der Waals surface area contributed by atoms with Crippen LogP contribution in [0, 0.1) is 11.6 Å². The molecule has 6 heteroatoms. The number of nitrogens with zero attached hydrogens (tertiary/aromatic N) is 2. The molecule has 1 heterocycles. The van der Waals surface area contributed by atoms with E-state index in [0.29, 0.717) is 11.3 Å². The summed E-state index contributed by atoms with van der Waals surface area (Å²) in [5, 5.41) is 0. The fraction of sp³-hybridized carbons (Fsp3) is 0.500. The molecule has 0 aliphatic rings. The van der Waals surface area contributed by atoms with E-state index >= 15 is 0 Å². The zero-order chi connectivity index (χ0) is 14.7. The summed E-state index contributed by atoms with van der Waals surface area (Å²) in [7, 11) is 0. The first-order chi connectivity index (χ1) is 9.58. The number of halogens is 3. The maximum absolute atomic E-state index is 13.8. The van der Waals surface area contributed by atoms with Gasteiger partial charge in [-0.2, -0.15) is 11.8 Å². The van der Waals surface area contributed by atoms with Crippen molar-refractivity contribution in [3.05, 3.63) is 29.6 Å². The number of thioether (sulfide) groups is 1. The first kappa shape index (κ1) is 15.6. The Morgan fingerprint density at radius 2 is 2.15 bits per heavy atom. The van der Waals surface area contributed by atoms with Crippen molar-refractivity contribution in [3.63, 3.8) is 0 Å². The molecule has 2 nitrogen and oxygen atoms in total. The molecule has 1 atom stereocenters. The third-order valence-corrected chi connectivity index (χ3v) is 4.40. The molecule has 0 spiro atoms. The van der Waals surface area contributed by atoms with Crippen LogP contribution in [-0.2, 0) is 5.88 Å². The van der Waals surface area contributed by atoms with Crippen LogP contribution in [-0.4, -0.2) is 21.1 Å². The molecule has 0 aliphatic heterocycles.